The van der Waals surface area contributed by atoms with Gasteiger partial charge >= 0.3 is 0 Å². The third kappa shape index (κ3) is 3.52. The normalized spacial score (nSPS) is 10.6. The second kappa shape index (κ2) is 7.56. The number of methoxy groups -OCH3 is 2. The maximum absolute atomic E-state index is 5.41. The van der Waals surface area contributed by atoms with Crippen molar-refractivity contribution in [3.8, 4) is 28.6 Å². The van der Waals surface area contributed by atoms with Gasteiger partial charge in [0.25, 0.3) is 5.89 Å². The van der Waals surface area contributed by atoms with Crippen LogP contribution in [0.2, 0.25) is 0 Å². The third-order valence-corrected chi connectivity index (χ3v) is 3.41. The van der Waals surface area contributed by atoms with Crippen molar-refractivity contribution in [1.82, 2.24) is 15.1 Å². The number of hydrogen-bond acceptors (Lipinski definition) is 7. The van der Waals surface area contributed by atoms with Crippen LogP contribution in [0.3, 0.4) is 0 Å². The van der Waals surface area contributed by atoms with E-state index in [0.29, 0.717) is 30.7 Å². The first-order valence-electron chi connectivity index (χ1n) is 7.48. The Morgan fingerprint density at radius 1 is 1.12 bits per heavy atom. The largest absolute Gasteiger partial charge is 0.497 e. The van der Waals surface area contributed by atoms with Crippen molar-refractivity contribution in [2.45, 2.75) is 0 Å². The molecule has 0 spiro atoms. The summed E-state index contributed by atoms with van der Waals surface area (Å²) in [5.74, 6) is 2.38. The molecule has 0 aliphatic carbocycles. The van der Waals surface area contributed by atoms with E-state index in [1.54, 1.807) is 20.4 Å². The summed E-state index contributed by atoms with van der Waals surface area (Å²) in [6.45, 7) is 1.22. The van der Waals surface area contributed by atoms with E-state index in [0.717, 1.165) is 16.9 Å². The van der Waals surface area contributed by atoms with E-state index in [1.165, 1.54) is 0 Å². The number of hydrogen-bond donors (Lipinski definition) is 1. The van der Waals surface area contributed by atoms with Crippen LogP contribution < -0.4 is 10.1 Å². The summed E-state index contributed by atoms with van der Waals surface area (Å²) in [6, 6.07) is 11.2. The molecule has 0 atom stereocenters. The van der Waals surface area contributed by atoms with Crippen LogP contribution in [0.25, 0.3) is 22.8 Å². The van der Waals surface area contributed by atoms with Crippen LogP contribution in [0.1, 0.15) is 0 Å². The Hall–Kier alpha value is -2.93. The Bertz CT molecular complexity index is 787. The molecule has 0 unspecified atom stereocenters. The second-order valence-corrected chi connectivity index (χ2v) is 4.97. The summed E-state index contributed by atoms with van der Waals surface area (Å²) >= 11 is 0. The minimum atomic E-state index is 0.411. The number of pyridine rings is 1. The molecule has 2 aromatic heterocycles. The Kier molecular flexibility index (Phi) is 5.02. The SMILES string of the molecule is COCCNc1ncccc1-c1nc(-c2ccc(OC)cc2)no1. The second-order valence-electron chi connectivity index (χ2n) is 4.97. The molecule has 0 aliphatic rings. The van der Waals surface area contributed by atoms with Gasteiger partial charge in [-0.2, -0.15) is 4.98 Å². The molecule has 0 saturated heterocycles. The molecule has 1 N–H and O–H groups in total. The van der Waals surface area contributed by atoms with Gasteiger partial charge in [-0.05, 0) is 36.4 Å². The smallest absolute Gasteiger partial charge is 0.261 e. The van der Waals surface area contributed by atoms with Crippen LogP contribution in [-0.2, 0) is 4.74 Å². The lowest BCUT2D eigenvalue weighted by atomic mass is 10.2. The lowest BCUT2D eigenvalue weighted by molar-refractivity contribution is 0.210. The number of nitrogens with zero attached hydrogens (tertiary/aromatic N) is 3. The molecule has 0 bridgehead atoms. The summed E-state index contributed by atoms with van der Waals surface area (Å²) < 4.78 is 15.6. The fraction of sp³-hybridized carbons (Fsp3) is 0.235. The zero-order chi connectivity index (χ0) is 16.8. The van der Waals surface area contributed by atoms with E-state index in [-0.39, 0.29) is 0 Å². The Labute approximate surface area is 139 Å². The van der Waals surface area contributed by atoms with E-state index in [9.17, 15) is 0 Å². The van der Waals surface area contributed by atoms with Crippen LogP contribution in [-0.4, -0.2) is 42.5 Å². The molecule has 0 radical (unpaired) electrons. The van der Waals surface area contributed by atoms with Crippen LogP contribution >= 0.6 is 0 Å². The van der Waals surface area contributed by atoms with Crippen molar-refractivity contribution in [2.75, 3.05) is 32.7 Å². The summed E-state index contributed by atoms with van der Waals surface area (Å²) in [6.07, 6.45) is 1.71. The summed E-state index contributed by atoms with van der Waals surface area (Å²) in [7, 11) is 3.28. The highest BCUT2D eigenvalue weighted by atomic mass is 16.5. The van der Waals surface area contributed by atoms with Gasteiger partial charge in [0.15, 0.2) is 0 Å². The van der Waals surface area contributed by atoms with E-state index in [4.69, 9.17) is 14.0 Å². The Balaban J connectivity index is 1.84. The number of aromatic nitrogens is 3. The van der Waals surface area contributed by atoms with Gasteiger partial charge in [0.05, 0.1) is 19.3 Å². The number of nitrogens with one attached hydrogen (secondary N) is 1. The van der Waals surface area contributed by atoms with Gasteiger partial charge in [-0.15, -0.1) is 0 Å². The third-order valence-electron chi connectivity index (χ3n) is 3.41. The molecular weight excluding hydrogens is 308 g/mol. The maximum atomic E-state index is 5.41. The van der Waals surface area contributed by atoms with Crippen LogP contribution in [0, 0.1) is 0 Å². The maximum Gasteiger partial charge on any atom is 0.261 e. The van der Waals surface area contributed by atoms with Crippen molar-refractivity contribution < 1.29 is 14.0 Å². The molecule has 3 rings (SSSR count). The number of rotatable bonds is 7. The minimum absolute atomic E-state index is 0.411. The van der Waals surface area contributed by atoms with Crippen molar-refractivity contribution >= 4 is 5.82 Å². The standard InChI is InChI=1S/C17H18N4O3/c1-22-11-10-19-16-14(4-3-9-18-16)17-20-15(21-24-17)12-5-7-13(23-2)8-6-12/h3-9H,10-11H2,1-2H3,(H,18,19). The highest BCUT2D eigenvalue weighted by Gasteiger charge is 2.14. The van der Waals surface area contributed by atoms with E-state index < -0.39 is 0 Å². The number of benzene rings is 1. The summed E-state index contributed by atoms with van der Waals surface area (Å²) in [4.78, 5) is 8.79. The summed E-state index contributed by atoms with van der Waals surface area (Å²) in [5.41, 5.74) is 1.60. The Morgan fingerprint density at radius 3 is 2.71 bits per heavy atom. The van der Waals surface area contributed by atoms with Crippen LogP contribution in [0.5, 0.6) is 5.75 Å². The zero-order valence-corrected chi connectivity index (χ0v) is 13.5. The molecule has 7 nitrogen and oxygen atoms in total. The minimum Gasteiger partial charge on any atom is -0.497 e. The summed E-state index contributed by atoms with van der Waals surface area (Å²) in [5, 5.41) is 7.25. The van der Waals surface area contributed by atoms with E-state index in [1.807, 2.05) is 36.4 Å². The molecule has 124 valence electrons. The molecule has 1 aromatic carbocycles. The molecule has 2 heterocycles. The molecular formula is C17H18N4O3. The van der Waals surface area contributed by atoms with Gasteiger partial charge in [0.2, 0.25) is 5.82 Å². The molecule has 0 aliphatic heterocycles. The molecule has 0 fully saturated rings. The predicted octanol–water partition coefficient (Wildman–Crippen LogP) is 2.87. The van der Waals surface area contributed by atoms with Gasteiger partial charge in [-0.1, -0.05) is 5.16 Å². The lowest BCUT2D eigenvalue weighted by Crippen LogP contribution is -2.09. The topological polar surface area (TPSA) is 82.3 Å². The van der Waals surface area contributed by atoms with Crippen LogP contribution in [0.4, 0.5) is 5.82 Å². The zero-order valence-electron chi connectivity index (χ0n) is 13.5. The molecule has 3 aromatic rings. The molecule has 24 heavy (non-hydrogen) atoms. The van der Waals surface area contributed by atoms with Crippen LogP contribution in [0.15, 0.2) is 47.1 Å². The van der Waals surface area contributed by atoms with Gasteiger partial charge in [0.1, 0.15) is 11.6 Å². The first-order valence-corrected chi connectivity index (χ1v) is 7.48. The van der Waals surface area contributed by atoms with E-state index in [2.05, 4.69) is 20.4 Å². The van der Waals surface area contributed by atoms with E-state index >= 15 is 0 Å². The van der Waals surface area contributed by atoms with Crippen molar-refractivity contribution in [2.24, 2.45) is 0 Å². The molecule has 0 amide bonds. The monoisotopic (exact) mass is 326 g/mol. The van der Waals surface area contributed by atoms with Gasteiger partial charge < -0.3 is 19.3 Å². The predicted molar refractivity (Wildman–Crippen MR) is 89.9 cm³/mol. The van der Waals surface area contributed by atoms with Crippen molar-refractivity contribution in [1.29, 1.82) is 0 Å². The van der Waals surface area contributed by atoms with Gasteiger partial charge in [-0.25, -0.2) is 4.98 Å². The average Bonchev–Trinajstić information content (AvgIpc) is 3.12. The molecule has 7 heteroatoms. The van der Waals surface area contributed by atoms with Crippen molar-refractivity contribution in [3.63, 3.8) is 0 Å². The fourth-order valence-electron chi connectivity index (χ4n) is 2.18. The van der Waals surface area contributed by atoms with Gasteiger partial charge in [-0.3, -0.25) is 0 Å². The van der Waals surface area contributed by atoms with Gasteiger partial charge in [0, 0.05) is 25.4 Å². The number of anilines is 1. The highest BCUT2D eigenvalue weighted by molar-refractivity contribution is 5.70. The van der Waals surface area contributed by atoms with Crippen molar-refractivity contribution in [3.05, 3.63) is 42.6 Å². The average molecular weight is 326 g/mol. The number of ether oxygens (including phenoxy) is 2. The first kappa shape index (κ1) is 15.9. The Morgan fingerprint density at radius 2 is 1.96 bits per heavy atom. The first-order chi connectivity index (χ1) is 11.8. The quantitative estimate of drug-likeness (QED) is 0.668. The fourth-order valence-corrected chi connectivity index (χ4v) is 2.18. The molecule has 0 saturated carbocycles. The lowest BCUT2D eigenvalue weighted by Gasteiger charge is -2.07. The highest BCUT2D eigenvalue weighted by Crippen LogP contribution is 2.27.